The molecule has 2 heterocycles. The third kappa shape index (κ3) is 4.47. The molecule has 9 heteroatoms. The maximum atomic E-state index is 13.4. The lowest BCUT2D eigenvalue weighted by Gasteiger charge is -2.24. The molecule has 0 spiro atoms. The molecule has 8 nitrogen and oxygen atoms in total. The summed E-state index contributed by atoms with van der Waals surface area (Å²) >= 11 is 1.35. The van der Waals surface area contributed by atoms with Crippen molar-refractivity contribution >= 4 is 38.8 Å². The number of hydrogen-bond donors (Lipinski definition) is 2. The van der Waals surface area contributed by atoms with Crippen LogP contribution in [-0.2, 0) is 11.3 Å². The molecule has 0 aliphatic heterocycles. The van der Waals surface area contributed by atoms with Gasteiger partial charge in [-0.3, -0.25) is 24.0 Å². The van der Waals surface area contributed by atoms with Gasteiger partial charge in [0.05, 0.1) is 4.88 Å². The Hall–Kier alpha value is -2.91. The van der Waals surface area contributed by atoms with Gasteiger partial charge in [0.1, 0.15) is 5.82 Å². The maximum absolute atomic E-state index is 13.4. The van der Waals surface area contributed by atoms with E-state index in [1.54, 1.807) is 13.2 Å². The largest absolute Gasteiger partial charge is 0.385 e. The van der Waals surface area contributed by atoms with Crippen LogP contribution < -0.4 is 21.9 Å². The number of carbonyl (C=O) groups is 1. The molecule has 30 heavy (non-hydrogen) atoms. The van der Waals surface area contributed by atoms with Crippen molar-refractivity contribution in [2.75, 3.05) is 30.9 Å². The first-order valence-corrected chi connectivity index (χ1v) is 10.6. The fraction of sp³-hybridized carbons (Fsp3) is 0.381. The number of fused-ring (bicyclic) bond motifs is 1. The summed E-state index contributed by atoms with van der Waals surface area (Å²) in [5, 5.41) is 0.953. The summed E-state index contributed by atoms with van der Waals surface area (Å²) in [6, 6.07) is 9.50. The Bertz CT molecular complexity index is 1130. The zero-order valence-corrected chi connectivity index (χ0v) is 18.1. The van der Waals surface area contributed by atoms with E-state index in [4.69, 9.17) is 10.5 Å². The van der Waals surface area contributed by atoms with Crippen molar-refractivity contribution in [1.29, 1.82) is 0 Å². The number of aromatic amines is 1. The smallest absolute Gasteiger partial charge is 0.330 e. The predicted octanol–water partition coefficient (Wildman–Crippen LogP) is 2.67. The normalized spacial score (nSPS) is 11.3. The number of nitrogens with two attached hydrogens (primary N) is 1. The van der Waals surface area contributed by atoms with Gasteiger partial charge in [0.15, 0.2) is 5.69 Å². The van der Waals surface area contributed by atoms with Gasteiger partial charge in [-0.1, -0.05) is 32.0 Å². The van der Waals surface area contributed by atoms with E-state index in [9.17, 15) is 14.4 Å². The highest BCUT2D eigenvalue weighted by Crippen LogP contribution is 2.28. The minimum absolute atomic E-state index is 0.00573. The number of amides is 1. The lowest BCUT2D eigenvalue weighted by molar-refractivity contribution is 0.0987. The molecule has 0 saturated carbocycles. The van der Waals surface area contributed by atoms with E-state index >= 15 is 0 Å². The Morgan fingerprint density at radius 3 is 2.70 bits per heavy atom. The molecule has 0 aliphatic rings. The average molecular weight is 431 g/mol. The van der Waals surface area contributed by atoms with Crippen LogP contribution in [0.2, 0.25) is 0 Å². The van der Waals surface area contributed by atoms with Gasteiger partial charge >= 0.3 is 5.69 Å². The molecule has 0 radical (unpaired) electrons. The number of benzene rings is 1. The summed E-state index contributed by atoms with van der Waals surface area (Å²) in [4.78, 5) is 42.6. The van der Waals surface area contributed by atoms with E-state index in [-0.39, 0.29) is 29.9 Å². The second kappa shape index (κ2) is 9.27. The first-order valence-electron chi connectivity index (χ1n) is 9.75. The predicted molar refractivity (Wildman–Crippen MR) is 121 cm³/mol. The summed E-state index contributed by atoms with van der Waals surface area (Å²) < 4.78 is 7.39. The highest BCUT2D eigenvalue weighted by molar-refractivity contribution is 7.20. The number of nitrogen functional groups attached to an aromatic ring is 1. The molecule has 0 aliphatic carbocycles. The second-order valence-electron chi connectivity index (χ2n) is 7.45. The number of methoxy groups -OCH3 is 1. The van der Waals surface area contributed by atoms with Gasteiger partial charge in [-0.2, -0.15) is 0 Å². The molecule has 1 amide bonds. The van der Waals surface area contributed by atoms with Crippen LogP contribution in [0.15, 0.2) is 39.9 Å². The Morgan fingerprint density at radius 2 is 2.03 bits per heavy atom. The zero-order chi connectivity index (χ0) is 21.8. The topological polar surface area (TPSA) is 110 Å². The van der Waals surface area contributed by atoms with Crippen molar-refractivity contribution in [3.05, 3.63) is 56.0 Å². The highest BCUT2D eigenvalue weighted by Gasteiger charge is 2.26. The zero-order valence-electron chi connectivity index (χ0n) is 17.3. The van der Waals surface area contributed by atoms with Gasteiger partial charge in [-0.15, -0.1) is 11.3 Å². The highest BCUT2D eigenvalue weighted by atomic mass is 32.1. The molecule has 0 atom stereocenters. The summed E-state index contributed by atoms with van der Waals surface area (Å²) in [6.45, 7) is 4.86. The monoisotopic (exact) mass is 430 g/mol. The van der Waals surface area contributed by atoms with Crippen LogP contribution >= 0.6 is 11.3 Å². The van der Waals surface area contributed by atoms with Crippen LogP contribution in [0.3, 0.4) is 0 Å². The second-order valence-corrected chi connectivity index (χ2v) is 8.53. The fourth-order valence-electron chi connectivity index (χ4n) is 3.29. The van der Waals surface area contributed by atoms with Gasteiger partial charge in [0.2, 0.25) is 0 Å². The first-order chi connectivity index (χ1) is 14.3. The van der Waals surface area contributed by atoms with E-state index in [1.807, 2.05) is 38.1 Å². The molecule has 1 aromatic carbocycles. The lowest BCUT2D eigenvalue weighted by atomic mass is 10.2. The van der Waals surface area contributed by atoms with Gasteiger partial charge < -0.3 is 10.5 Å². The number of nitrogens with zero attached hydrogens (tertiary/aromatic N) is 2. The Balaban J connectivity index is 2.10. The van der Waals surface area contributed by atoms with E-state index < -0.39 is 11.2 Å². The first kappa shape index (κ1) is 21.8. The van der Waals surface area contributed by atoms with Gasteiger partial charge in [-0.05, 0) is 29.9 Å². The van der Waals surface area contributed by atoms with Crippen LogP contribution in [0.4, 0.5) is 11.5 Å². The number of hydrogen-bond acceptors (Lipinski definition) is 6. The molecule has 0 fully saturated rings. The molecular formula is C21H26N4O4S. The quantitative estimate of drug-likeness (QED) is 0.534. The maximum Gasteiger partial charge on any atom is 0.330 e. The van der Waals surface area contributed by atoms with Crippen molar-refractivity contribution in [2.24, 2.45) is 5.92 Å². The van der Waals surface area contributed by atoms with E-state index in [0.29, 0.717) is 24.4 Å². The standard InChI is InChI=1S/C21H26N4O4S/c1-13(2)12-25-18(22)17(19(26)23-21(25)28)24(9-6-10-29-3)20(27)16-11-14-7-4-5-8-15(14)30-16/h4-5,7-8,11,13H,6,9-10,12,22H2,1-3H3,(H,23,26,28). The Morgan fingerprint density at radius 1 is 1.30 bits per heavy atom. The van der Waals surface area contributed by atoms with E-state index in [0.717, 1.165) is 10.1 Å². The Labute approximate surface area is 177 Å². The van der Waals surface area contributed by atoms with Gasteiger partial charge in [-0.25, -0.2) is 4.79 Å². The molecule has 2 aromatic heterocycles. The number of nitrogens with one attached hydrogen (secondary N) is 1. The van der Waals surface area contributed by atoms with E-state index in [1.165, 1.54) is 20.8 Å². The average Bonchev–Trinajstić information content (AvgIpc) is 3.13. The number of aromatic nitrogens is 2. The molecular weight excluding hydrogens is 404 g/mol. The molecule has 3 aromatic rings. The molecule has 0 unspecified atom stereocenters. The van der Waals surface area contributed by atoms with Crippen LogP contribution in [0.5, 0.6) is 0 Å². The van der Waals surface area contributed by atoms with Crippen molar-refractivity contribution < 1.29 is 9.53 Å². The number of H-pyrrole nitrogens is 1. The van der Waals surface area contributed by atoms with Gasteiger partial charge in [0.25, 0.3) is 11.5 Å². The van der Waals surface area contributed by atoms with Crippen LogP contribution in [0, 0.1) is 5.92 Å². The Kier molecular flexibility index (Phi) is 6.73. The fourth-order valence-corrected chi connectivity index (χ4v) is 4.30. The summed E-state index contributed by atoms with van der Waals surface area (Å²) in [5.74, 6) is -0.215. The number of rotatable bonds is 8. The number of thiophene rings is 1. The molecule has 3 rings (SSSR count). The third-order valence-corrected chi connectivity index (χ3v) is 5.75. The third-order valence-electron chi connectivity index (χ3n) is 4.64. The summed E-state index contributed by atoms with van der Waals surface area (Å²) in [6.07, 6.45) is 0.509. The summed E-state index contributed by atoms with van der Waals surface area (Å²) in [5.41, 5.74) is 4.99. The van der Waals surface area contributed by atoms with Crippen molar-refractivity contribution in [2.45, 2.75) is 26.8 Å². The number of anilines is 2. The molecule has 0 saturated heterocycles. The van der Waals surface area contributed by atoms with Crippen LogP contribution in [0.1, 0.15) is 29.9 Å². The lowest BCUT2D eigenvalue weighted by Crippen LogP contribution is -2.42. The summed E-state index contributed by atoms with van der Waals surface area (Å²) in [7, 11) is 1.57. The molecule has 0 bridgehead atoms. The van der Waals surface area contributed by atoms with Crippen molar-refractivity contribution in [1.82, 2.24) is 9.55 Å². The molecule has 160 valence electrons. The minimum atomic E-state index is -0.676. The van der Waals surface area contributed by atoms with E-state index in [2.05, 4.69) is 4.98 Å². The van der Waals surface area contributed by atoms with Crippen LogP contribution in [-0.4, -0.2) is 35.7 Å². The van der Waals surface area contributed by atoms with Gasteiger partial charge in [0, 0.05) is 31.5 Å². The number of carbonyl (C=O) groups excluding carboxylic acids is 1. The van der Waals surface area contributed by atoms with Crippen LogP contribution in [0.25, 0.3) is 10.1 Å². The minimum Gasteiger partial charge on any atom is -0.385 e. The molecule has 3 N–H and O–H groups in total. The number of ether oxygens (including phenoxy) is 1. The SMILES string of the molecule is COCCCN(C(=O)c1cc2ccccc2s1)c1c(N)n(CC(C)C)c(=O)[nH]c1=O. The van der Waals surface area contributed by atoms with Crippen molar-refractivity contribution in [3.63, 3.8) is 0 Å². The van der Waals surface area contributed by atoms with Crippen molar-refractivity contribution in [3.8, 4) is 0 Å².